The summed E-state index contributed by atoms with van der Waals surface area (Å²) < 4.78 is 5.25. The minimum atomic E-state index is -1.03. The van der Waals surface area contributed by atoms with Gasteiger partial charge in [0.05, 0.1) is 18.7 Å². The molecule has 0 aliphatic heterocycles. The molecule has 0 fully saturated rings. The van der Waals surface area contributed by atoms with Crippen LogP contribution in [0, 0.1) is 18.3 Å². The minimum absolute atomic E-state index is 0.562. The molecule has 0 atom stereocenters. The van der Waals surface area contributed by atoms with Gasteiger partial charge in [-0.2, -0.15) is 5.26 Å². The van der Waals surface area contributed by atoms with Crippen LogP contribution < -0.4 is 4.74 Å². The van der Waals surface area contributed by atoms with Gasteiger partial charge in [0, 0.05) is 6.08 Å². The second kappa shape index (κ2) is 8.24. The molecule has 4 nitrogen and oxygen atoms in total. The summed E-state index contributed by atoms with van der Waals surface area (Å²) in [5.74, 6) is -0.396. The van der Waals surface area contributed by atoms with Gasteiger partial charge in [-0.3, -0.25) is 0 Å². The first-order valence-electron chi connectivity index (χ1n) is 8.72. The van der Waals surface area contributed by atoms with E-state index >= 15 is 0 Å². The molecule has 0 radical (unpaired) electrons. The summed E-state index contributed by atoms with van der Waals surface area (Å²) in [6.07, 6.45) is 2.62. The van der Waals surface area contributed by atoms with Crippen LogP contribution in [0.5, 0.6) is 5.75 Å². The zero-order valence-corrected chi connectivity index (χ0v) is 15.6. The largest absolute Gasteiger partial charge is 0.497 e. The molecule has 0 spiro atoms. The number of carboxylic acids is 1. The van der Waals surface area contributed by atoms with Crippen LogP contribution in [0.4, 0.5) is 0 Å². The van der Waals surface area contributed by atoms with Crippen LogP contribution in [0.3, 0.4) is 0 Å². The maximum atomic E-state index is 10.9. The fraction of sp³-hybridized carbons (Fsp3) is 0.0833. The summed E-state index contributed by atoms with van der Waals surface area (Å²) >= 11 is 0. The van der Waals surface area contributed by atoms with Crippen LogP contribution in [-0.2, 0) is 4.79 Å². The highest BCUT2D eigenvalue weighted by Crippen LogP contribution is 2.33. The lowest BCUT2D eigenvalue weighted by Gasteiger charge is -2.12. The van der Waals surface area contributed by atoms with E-state index in [2.05, 4.69) is 6.07 Å². The first kappa shape index (κ1) is 18.9. The van der Waals surface area contributed by atoms with Gasteiger partial charge in [-0.05, 0) is 59.0 Å². The van der Waals surface area contributed by atoms with E-state index in [9.17, 15) is 10.1 Å². The smallest absolute Gasteiger partial charge is 0.328 e. The Bertz CT molecular complexity index is 1110. The van der Waals surface area contributed by atoms with E-state index in [1.807, 2.05) is 61.5 Å². The number of hydrogen-bond acceptors (Lipinski definition) is 3. The molecule has 0 amide bonds. The van der Waals surface area contributed by atoms with Crippen molar-refractivity contribution in [3.05, 3.63) is 83.4 Å². The van der Waals surface area contributed by atoms with Crippen molar-refractivity contribution in [1.29, 1.82) is 5.26 Å². The highest BCUT2D eigenvalue weighted by Gasteiger charge is 2.11. The molecule has 4 heteroatoms. The number of methoxy groups -OCH3 is 1. The summed E-state index contributed by atoms with van der Waals surface area (Å²) in [6, 6.07) is 21.4. The summed E-state index contributed by atoms with van der Waals surface area (Å²) in [5.41, 5.74) is 5.91. The maximum absolute atomic E-state index is 10.9. The van der Waals surface area contributed by atoms with Crippen molar-refractivity contribution >= 4 is 12.0 Å². The molecule has 0 aliphatic carbocycles. The van der Waals surface area contributed by atoms with Crippen molar-refractivity contribution in [2.45, 2.75) is 6.92 Å². The predicted molar refractivity (Wildman–Crippen MR) is 110 cm³/mol. The average Bonchev–Trinajstić information content (AvgIpc) is 2.71. The maximum Gasteiger partial charge on any atom is 0.328 e. The summed E-state index contributed by atoms with van der Waals surface area (Å²) in [4.78, 5) is 10.9. The summed E-state index contributed by atoms with van der Waals surface area (Å²) in [7, 11) is 1.56. The topological polar surface area (TPSA) is 70.3 Å². The number of aliphatic carboxylic acids is 1. The van der Waals surface area contributed by atoms with Gasteiger partial charge in [0.2, 0.25) is 0 Å². The molecule has 0 bridgehead atoms. The van der Waals surface area contributed by atoms with Crippen molar-refractivity contribution in [1.82, 2.24) is 0 Å². The Morgan fingerprint density at radius 1 is 1.04 bits per heavy atom. The molecule has 0 saturated carbocycles. The second-order valence-electron chi connectivity index (χ2n) is 6.37. The summed E-state index contributed by atoms with van der Waals surface area (Å²) in [5, 5.41) is 18.7. The van der Waals surface area contributed by atoms with Crippen LogP contribution in [0.1, 0.15) is 16.7 Å². The van der Waals surface area contributed by atoms with Crippen LogP contribution in [-0.4, -0.2) is 18.2 Å². The number of rotatable bonds is 5. The quantitative estimate of drug-likeness (QED) is 0.619. The molecule has 1 N–H and O–H groups in total. The SMILES string of the molecule is COc1ccc(-c2ccc(-c3cccc(C)c3)c(C#N)c2)c(/C=C/C(=O)O)c1. The van der Waals surface area contributed by atoms with Gasteiger partial charge in [0.15, 0.2) is 0 Å². The number of carboxylic acid groups (broad SMARTS) is 1. The zero-order chi connectivity index (χ0) is 20.1. The number of nitriles is 1. The van der Waals surface area contributed by atoms with Crippen molar-refractivity contribution in [2.24, 2.45) is 0 Å². The second-order valence-corrected chi connectivity index (χ2v) is 6.37. The molecule has 0 aromatic heterocycles. The third kappa shape index (κ3) is 4.11. The number of hydrogen-bond donors (Lipinski definition) is 1. The van der Waals surface area contributed by atoms with Crippen LogP contribution in [0.15, 0.2) is 66.7 Å². The third-order valence-electron chi connectivity index (χ3n) is 4.44. The molecule has 138 valence electrons. The lowest BCUT2D eigenvalue weighted by molar-refractivity contribution is -0.131. The van der Waals surface area contributed by atoms with Gasteiger partial charge in [-0.15, -0.1) is 0 Å². The Hall–Kier alpha value is -3.84. The summed E-state index contributed by atoms with van der Waals surface area (Å²) in [6.45, 7) is 2.02. The molecule has 3 rings (SSSR count). The Labute approximate surface area is 164 Å². The molecule has 3 aromatic rings. The van der Waals surface area contributed by atoms with Crippen molar-refractivity contribution in [2.75, 3.05) is 7.11 Å². The van der Waals surface area contributed by atoms with Gasteiger partial charge in [0.25, 0.3) is 0 Å². The van der Waals surface area contributed by atoms with E-state index in [4.69, 9.17) is 9.84 Å². The lowest BCUT2D eigenvalue weighted by Crippen LogP contribution is -1.92. The Kier molecular flexibility index (Phi) is 5.57. The molecule has 0 heterocycles. The Morgan fingerprint density at radius 2 is 1.79 bits per heavy atom. The van der Waals surface area contributed by atoms with E-state index in [0.29, 0.717) is 16.9 Å². The van der Waals surface area contributed by atoms with Crippen LogP contribution in [0.25, 0.3) is 28.3 Å². The van der Waals surface area contributed by atoms with E-state index in [1.165, 1.54) is 6.08 Å². The number of ether oxygens (including phenoxy) is 1. The molecular formula is C24H19NO3. The Morgan fingerprint density at radius 3 is 2.46 bits per heavy atom. The molecule has 0 unspecified atom stereocenters. The van der Waals surface area contributed by atoms with Gasteiger partial charge in [0.1, 0.15) is 5.75 Å². The van der Waals surface area contributed by atoms with Gasteiger partial charge >= 0.3 is 5.97 Å². The fourth-order valence-corrected chi connectivity index (χ4v) is 3.10. The van der Waals surface area contributed by atoms with E-state index in [0.717, 1.165) is 33.9 Å². The first-order valence-corrected chi connectivity index (χ1v) is 8.72. The number of benzene rings is 3. The monoisotopic (exact) mass is 369 g/mol. The van der Waals surface area contributed by atoms with E-state index < -0.39 is 5.97 Å². The van der Waals surface area contributed by atoms with E-state index in [1.54, 1.807) is 13.2 Å². The molecule has 0 saturated heterocycles. The average molecular weight is 369 g/mol. The van der Waals surface area contributed by atoms with Crippen molar-refractivity contribution < 1.29 is 14.6 Å². The number of carbonyl (C=O) groups is 1. The van der Waals surface area contributed by atoms with Gasteiger partial charge in [-0.25, -0.2) is 4.79 Å². The molecule has 0 aliphatic rings. The molecule has 3 aromatic carbocycles. The standard InChI is InChI=1S/C24H19NO3/c1-16-4-3-5-17(12-16)23-9-6-18(13-20(23)15-25)22-10-8-21(28-2)14-19(22)7-11-24(26)27/h3-14H,1-2H3,(H,26,27)/b11-7+. The normalized spacial score (nSPS) is 10.6. The molecular weight excluding hydrogens is 350 g/mol. The highest BCUT2D eigenvalue weighted by atomic mass is 16.5. The lowest BCUT2D eigenvalue weighted by atomic mass is 9.92. The highest BCUT2D eigenvalue weighted by molar-refractivity contribution is 5.88. The van der Waals surface area contributed by atoms with Crippen LogP contribution >= 0.6 is 0 Å². The van der Waals surface area contributed by atoms with Crippen molar-refractivity contribution in [3.8, 4) is 34.1 Å². The fourth-order valence-electron chi connectivity index (χ4n) is 3.10. The van der Waals surface area contributed by atoms with Crippen LogP contribution in [0.2, 0.25) is 0 Å². The predicted octanol–water partition coefficient (Wildman–Crippen LogP) is 5.31. The first-order chi connectivity index (χ1) is 13.5. The molecule has 28 heavy (non-hydrogen) atoms. The third-order valence-corrected chi connectivity index (χ3v) is 4.44. The number of aryl methyl sites for hydroxylation is 1. The minimum Gasteiger partial charge on any atom is -0.497 e. The zero-order valence-electron chi connectivity index (χ0n) is 15.6. The Balaban J connectivity index is 2.12. The van der Waals surface area contributed by atoms with E-state index in [-0.39, 0.29) is 0 Å². The number of nitrogens with zero attached hydrogens (tertiary/aromatic N) is 1. The van der Waals surface area contributed by atoms with Crippen molar-refractivity contribution in [3.63, 3.8) is 0 Å². The van der Waals surface area contributed by atoms with Gasteiger partial charge < -0.3 is 9.84 Å². The van der Waals surface area contributed by atoms with Gasteiger partial charge in [-0.1, -0.05) is 48.0 Å².